The van der Waals surface area contributed by atoms with Gasteiger partial charge in [-0.25, -0.2) is 4.98 Å². The molecule has 2 aromatic heterocycles. The monoisotopic (exact) mass is 385 g/mol. The normalized spacial score (nSPS) is 10.5. The zero-order valence-electron chi connectivity index (χ0n) is 15.7. The Morgan fingerprint density at radius 3 is 2.36 bits per heavy atom. The highest BCUT2D eigenvalue weighted by molar-refractivity contribution is 7.98. The maximum Gasteiger partial charge on any atom is 0.143 e. The Balaban J connectivity index is 2.08. The Kier molecular flexibility index (Phi) is 5.93. The van der Waals surface area contributed by atoms with E-state index in [1.165, 1.54) is 17.3 Å². The molecule has 2 heterocycles. The molecule has 0 saturated heterocycles. The topological polar surface area (TPSA) is 99.4 Å². The number of aromatic nitrogens is 2. The first kappa shape index (κ1) is 19.4. The summed E-state index contributed by atoms with van der Waals surface area (Å²) in [7, 11) is 0. The maximum absolute atomic E-state index is 9.85. The van der Waals surface area contributed by atoms with E-state index in [0.29, 0.717) is 27.8 Å². The van der Waals surface area contributed by atoms with Crippen molar-refractivity contribution in [2.24, 2.45) is 0 Å². The zero-order chi connectivity index (χ0) is 20.1. The molecule has 0 spiro atoms. The van der Waals surface area contributed by atoms with E-state index in [9.17, 15) is 10.5 Å². The summed E-state index contributed by atoms with van der Waals surface area (Å²) < 4.78 is 0. The van der Waals surface area contributed by atoms with Gasteiger partial charge in [-0.3, -0.25) is 4.98 Å². The van der Waals surface area contributed by atoms with Gasteiger partial charge in [-0.1, -0.05) is 44.2 Å². The Labute approximate surface area is 168 Å². The van der Waals surface area contributed by atoms with Crippen LogP contribution in [0.5, 0.6) is 0 Å². The van der Waals surface area contributed by atoms with Crippen LogP contribution in [-0.2, 0) is 5.75 Å². The largest absolute Gasteiger partial charge is 0.383 e. The molecule has 0 fully saturated rings. The van der Waals surface area contributed by atoms with Crippen molar-refractivity contribution in [1.29, 1.82) is 10.5 Å². The fourth-order valence-electron chi connectivity index (χ4n) is 2.86. The summed E-state index contributed by atoms with van der Waals surface area (Å²) in [4.78, 5) is 8.44. The van der Waals surface area contributed by atoms with Crippen molar-refractivity contribution in [3.8, 4) is 23.3 Å². The highest BCUT2D eigenvalue weighted by Gasteiger charge is 2.20. The molecule has 0 aliphatic rings. The van der Waals surface area contributed by atoms with Crippen molar-refractivity contribution >= 4 is 17.6 Å². The number of nitrogens with two attached hydrogens (primary N) is 1. The molecule has 5 nitrogen and oxygen atoms in total. The number of anilines is 1. The third-order valence-corrected chi connectivity index (χ3v) is 5.43. The van der Waals surface area contributed by atoms with Gasteiger partial charge < -0.3 is 5.73 Å². The maximum atomic E-state index is 9.85. The number of hydrogen-bond acceptors (Lipinski definition) is 6. The molecule has 0 aliphatic heterocycles. The van der Waals surface area contributed by atoms with Crippen molar-refractivity contribution in [3.63, 3.8) is 0 Å². The lowest BCUT2D eigenvalue weighted by molar-refractivity contribution is 0.867. The first-order chi connectivity index (χ1) is 13.5. The summed E-state index contributed by atoms with van der Waals surface area (Å²) in [6, 6.07) is 16.1. The smallest absolute Gasteiger partial charge is 0.143 e. The lowest BCUT2D eigenvalue weighted by Gasteiger charge is -2.14. The number of hydrogen-bond donors (Lipinski definition) is 1. The highest BCUT2D eigenvalue weighted by Crippen LogP contribution is 2.36. The van der Waals surface area contributed by atoms with Crippen LogP contribution in [0.4, 0.5) is 5.82 Å². The van der Waals surface area contributed by atoms with Crippen molar-refractivity contribution in [1.82, 2.24) is 9.97 Å². The summed E-state index contributed by atoms with van der Waals surface area (Å²) in [5.41, 5.74) is 10.2. The number of pyridine rings is 2. The fraction of sp³-hybridized carbons (Fsp3) is 0.182. The van der Waals surface area contributed by atoms with Crippen LogP contribution in [0.2, 0.25) is 0 Å². The molecule has 6 heteroatoms. The zero-order valence-corrected chi connectivity index (χ0v) is 16.5. The molecule has 3 aromatic rings. The minimum Gasteiger partial charge on any atom is -0.383 e. The summed E-state index contributed by atoms with van der Waals surface area (Å²) in [5, 5.41) is 20.0. The number of nitrogens with zero attached hydrogens (tertiary/aromatic N) is 4. The molecular weight excluding hydrogens is 366 g/mol. The summed E-state index contributed by atoms with van der Waals surface area (Å²) in [6.45, 7) is 4.24. The van der Waals surface area contributed by atoms with E-state index in [2.05, 4.69) is 36.0 Å². The molecule has 138 valence electrons. The van der Waals surface area contributed by atoms with E-state index >= 15 is 0 Å². The van der Waals surface area contributed by atoms with Crippen molar-refractivity contribution < 1.29 is 0 Å². The number of rotatable bonds is 5. The standard InChI is InChI=1S/C22H19N5S/c1-14(2)16-5-7-17(8-6-16)20-18(10-23)21(25)27-22(19(20)11-24)28-13-15-4-3-9-26-12-15/h3-9,12,14H,13H2,1-2H3,(H2,25,27). The molecule has 2 N–H and O–H groups in total. The number of thioether (sulfide) groups is 1. The van der Waals surface area contributed by atoms with Crippen LogP contribution in [-0.4, -0.2) is 9.97 Å². The van der Waals surface area contributed by atoms with E-state index in [4.69, 9.17) is 5.73 Å². The van der Waals surface area contributed by atoms with Crippen molar-refractivity contribution in [3.05, 3.63) is 71.0 Å². The van der Waals surface area contributed by atoms with E-state index < -0.39 is 0 Å². The van der Waals surface area contributed by atoms with Gasteiger partial charge in [0.15, 0.2) is 0 Å². The van der Waals surface area contributed by atoms with Crippen LogP contribution in [0, 0.1) is 22.7 Å². The van der Waals surface area contributed by atoms with Gasteiger partial charge >= 0.3 is 0 Å². The highest BCUT2D eigenvalue weighted by atomic mass is 32.2. The second-order valence-corrected chi connectivity index (χ2v) is 7.54. The van der Waals surface area contributed by atoms with Crippen molar-refractivity contribution in [2.45, 2.75) is 30.5 Å². The predicted octanol–water partition coefficient (Wildman–Crippen LogP) is 4.88. The third kappa shape index (κ3) is 3.98. The molecule has 0 atom stereocenters. The van der Waals surface area contributed by atoms with Crippen LogP contribution in [0.25, 0.3) is 11.1 Å². The molecule has 0 aliphatic carbocycles. The number of nitrogen functional groups attached to an aromatic ring is 1. The minimum absolute atomic E-state index is 0.137. The van der Waals surface area contributed by atoms with Gasteiger partial charge in [0.1, 0.15) is 28.5 Å². The first-order valence-corrected chi connectivity index (χ1v) is 9.79. The van der Waals surface area contributed by atoms with Gasteiger partial charge in [0, 0.05) is 23.7 Å². The quantitative estimate of drug-likeness (QED) is 0.628. The molecular formula is C22H19N5S. The summed E-state index contributed by atoms with van der Waals surface area (Å²) in [6.07, 6.45) is 3.49. The van der Waals surface area contributed by atoms with E-state index in [0.717, 1.165) is 11.1 Å². The van der Waals surface area contributed by atoms with Gasteiger partial charge in [-0.2, -0.15) is 10.5 Å². The number of nitriles is 2. The van der Waals surface area contributed by atoms with Crippen LogP contribution in [0.3, 0.4) is 0 Å². The molecule has 0 saturated carbocycles. The van der Waals surface area contributed by atoms with E-state index in [1.807, 2.05) is 36.4 Å². The van der Waals surface area contributed by atoms with Gasteiger partial charge in [0.05, 0.1) is 5.56 Å². The fourth-order valence-corrected chi connectivity index (χ4v) is 3.79. The van der Waals surface area contributed by atoms with E-state index in [-0.39, 0.29) is 11.4 Å². The Morgan fingerprint density at radius 2 is 1.79 bits per heavy atom. The third-order valence-electron chi connectivity index (χ3n) is 4.38. The molecule has 3 rings (SSSR count). The first-order valence-electron chi connectivity index (χ1n) is 8.80. The molecule has 28 heavy (non-hydrogen) atoms. The van der Waals surface area contributed by atoms with E-state index in [1.54, 1.807) is 12.4 Å². The van der Waals surface area contributed by atoms with Crippen LogP contribution in [0.15, 0.2) is 53.8 Å². The summed E-state index contributed by atoms with van der Waals surface area (Å²) in [5.74, 6) is 1.14. The Morgan fingerprint density at radius 1 is 1.07 bits per heavy atom. The predicted molar refractivity (Wildman–Crippen MR) is 111 cm³/mol. The lowest BCUT2D eigenvalue weighted by atomic mass is 9.94. The van der Waals surface area contributed by atoms with Crippen LogP contribution < -0.4 is 5.73 Å². The van der Waals surface area contributed by atoms with Gasteiger partial charge in [0.25, 0.3) is 0 Å². The molecule has 0 radical (unpaired) electrons. The van der Waals surface area contributed by atoms with Gasteiger partial charge in [0.2, 0.25) is 0 Å². The Hall–Kier alpha value is -3.35. The lowest BCUT2D eigenvalue weighted by Crippen LogP contribution is -2.03. The van der Waals surface area contributed by atoms with Gasteiger partial charge in [-0.05, 0) is 28.7 Å². The molecule has 0 amide bonds. The molecule has 0 unspecified atom stereocenters. The summed E-state index contributed by atoms with van der Waals surface area (Å²) >= 11 is 1.41. The minimum atomic E-state index is 0.137. The SMILES string of the molecule is CC(C)c1ccc(-c2c(C#N)c(N)nc(SCc3cccnc3)c2C#N)cc1. The van der Waals surface area contributed by atoms with Gasteiger partial charge in [-0.15, -0.1) is 11.8 Å². The molecule has 0 bridgehead atoms. The number of benzene rings is 1. The second kappa shape index (κ2) is 8.56. The average Bonchev–Trinajstić information content (AvgIpc) is 2.72. The average molecular weight is 385 g/mol. The van der Waals surface area contributed by atoms with Crippen LogP contribution in [0.1, 0.15) is 42.0 Å². The molecule has 1 aromatic carbocycles. The second-order valence-electron chi connectivity index (χ2n) is 6.58. The van der Waals surface area contributed by atoms with Crippen molar-refractivity contribution in [2.75, 3.05) is 5.73 Å². The Bertz CT molecular complexity index is 1060. The van der Waals surface area contributed by atoms with Crippen LogP contribution >= 0.6 is 11.8 Å².